The first-order chi connectivity index (χ1) is 10.8. The topological polar surface area (TPSA) is 30.7 Å². The Labute approximate surface area is 131 Å². The van der Waals surface area contributed by atoms with Gasteiger partial charge in [0.1, 0.15) is 5.82 Å². The normalized spacial score (nSPS) is 36.0. The molecule has 4 bridgehead atoms. The van der Waals surface area contributed by atoms with Gasteiger partial charge >= 0.3 is 0 Å². The molecule has 4 aliphatic rings. The molecule has 1 aromatic carbocycles. The number of nitrogens with zero attached hydrogens (tertiary/aromatic N) is 3. The summed E-state index contributed by atoms with van der Waals surface area (Å²) in [6, 6.07) is 11.2. The molecule has 3 heteroatoms. The Bertz CT molecular complexity index is 660. The van der Waals surface area contributed by atoms with Crippen LogP contribution in [0.3, 0.4) is 0 Å². The van der Waals surface area contributed by atoms with Crippen molar-refractivity contribution in [3.05, 3.63) is 36.2 Å². The van der Waals surface area contributed by atoms with Crippen LogP contribution in [0.5, 0.6) is 0 Å². The van der Waals surface area contributed by atoms with Gasteiger partial charge in [0.15, 0.2) is 5.82 Å². The molecule has 1 aromatic heterocycles. The van der Waals surface area contributed by atoms with E-state index in [-0.39, 0.29) is 0 Å². The van der Waals surface area contributed by atoms with E-state index in [4.69, 9.17) is 10.1 Å². The van der Waals surface area contributed by atoms with Crippen molar-refractivity contribution in [3.63, 3.8) is 0 Å². The van der Waals surface area contributed by atoms with Crippen molar-refractivity contribution in [2.45, 2.75) is 45.1 Å². The fourth-order valence-corrected chi connectivity index (χ4v) is 5.72. The highest BCUT2D eigenvalue weighted by Crippen LogP contribution is 2.58. The molecular weight excluding hydrogens is 270 g/mol. The van der Waals surface area contributed by atoms with Crippen molar-refractivity contribution in [1.29, 1.82) is 0 Å². The summed E-state index contributed by atoms with van der Waals surface area (Å²) in [6.45, 7) is 2.03. The predicted molar refractivity (Wildman–Crippen MR) is 86.3 cm³/mol. The number of hydrogen-bond acceptors (Lipinski definition) is 2. The quantitative estimate of drug-likeness (QED) is 0.828. The highest BCUT2D eigenvalue weighted by atomic mass is 15.4. The first-order valence-electron chi connectivity index (χ1n) is 8.76. The predicted octanol–water partition coefficient (Wildman–Crippen LogP) is 4.25. The van der Waals surface area contributed by atoms with Crippen molar-refractivity contribution < 1.29 is 0 Å². The molecule has 114 valence electrons. The van der Waals surface area contributed by atoms with E-state index in [1.165, 1.54) is 37.7 Å². The van der Waals surface area contributed by atoms with E-state index in [0.29, 0.717) is 6.04 Å². The Hall–Kier alpha value is -1.64. The molecule has 0 saturated heterocycles. The lowest BCUT2D eigenvalue weighted by atomic mass is 9.54. The number of rotatable bonds is 2. The molecule has 2 aromatic rings. The van der Waals surface area contributed by atoms with Crippen LogP contribution in [0.25, 0.3) is 11.4 Å². The molecule has 0 amide bonds. The molecule has 1 heterocycles. The summed E-state index contributed by atoms with van der Waals surface area (Å²) in [7, 11) is 0. The first-order valence-corrected chi connectivity index (χ1v) is 8.76. The second kappa shape index (κ2) is 4.68. The summed E-state index contributed by atoms with van der Waals surface area (Å²) in [5.74, 6) is 5.66. The highest BCUT2D eigenvalue weighted by Gasteiger charge is 2.49. The average molecular weight is 293 g/mol. The maximum Gasteiger partial charge on any atom is 0.158 e. The lowest BCUT2D eigenvalue weighted by molar-refractivity contribution is -0.0331. The first kappa shape index (κ1) is 12.9. The van der Waals surface area contributed by atoms with Gasteiger partial charge in [-0.1, -0.05) is 30.3 Å². The molecule has 3 nitrogen and oxygen atoms in total. The highest BCUT2D eigenvalue weighted by molar-refractivity contribution is 5.55. The Kier molecular flexibility index (Phi) is 2.73. The van der Waals surface area contributed by atoms with Crippen LogP contribution in [0.15, 0.2) is 30.3 Å². The summed E-state index contributed by atoms with van der Waals surface area (Å²) in [6.07, 6.45) is 7.19. The largest absolute Gasteiger partial charge is 0.242 e. The summed E-state index contributed by atoms with van der Waals surface area (Å²) in [4.78, 5) is 4.77. The van der Waals surface area contributed by atoms with Crippen molar-refractivity contribution >= 4 is 0 Å². The van der Waals surface area contributed by atoms with Gasteiger partial charge in [-0.25, -0.2) is 9.67 Å². The van der Waals surface area contributed by atoms with Gasteiger partial charge in [-0.2, -0.15) is 5.10 Å². The van der Waals surface area contributed by atoms with E-state index in [1.54, 1.807) is 0 Å². The molecule has 6 rings (SSSR count). The fourth-order valence-electron chi connectivity index (χ4n) is 5.72. The van der Waals surface area contributed by atoms with Crippen LogP contribution in [-0.2, 0) is 0 Å². The Morgan fingerprint density at radius 3 is 2.18 bits per heavy atom. The lowest BCUT2D eigenvalue weighted by Crippen LogP contribution is -2.46. The van der Waals surface area contributed by atoms with Crippen molar-refractivity contribution in [2.75, 3.05) is 0 Å². The monoisotopic (exact) mass is 293 g/mol. The number of hydrogen-bond donors (Lipinski definition) is 0. The summed E-state index contributed by atoms with van der Waals surface area (Å²) >= 11 is 0. The van der Waals surface area contributed by atoms with Crippen molar-refractivity contribution in [3.8, 4) is 11.4 Å². The second-order valence-corrected chi connectivity index (χ2v) is 7.71. The Morgan fingerprint density at radius 2 is 1.55 bits per heavy atom. The molecule has 0 N–H and O–H groups in total. The van der Waals surface area contributed by atoms with Crippen LogP contribution in [0.4, 0.5) is 0 Å². The number of aromatic nitrogens is 3. The van der Waals surface area contributed by atoms with Gasteiger partial charge in [-0.3, -0.25) is 0 Å². The van der Waals surface area contributed by atoms with Crippen LogP contribution in [0.1, 0.15) is 44.0 Å². The van der Waals surface area contributed by atoms with Crippen LogP contribution in [0.2, 0.25) is 0 Å². The Balaban J connectivity index is 1.59. The van der Waals surface area contributed by atoms with Crippen LogP contribution >= 0.6 is 0 Å². The van der Waals surface area contributed by atoms with Gasteiger partial charge in [0.05, 0.1) is 6.04 Å². The van der Waals surface area contributed by atoms with Crippen molar-refractivity contribution in [2.24, 2.45) is 23.7 Å². The summed E-state index contributed by atoms with van der Waals surface area (Å²) < 4.78 is 2.30. The van der Waals surface area contributed by atoms with Gasteiger partial charge < -0.3 is 0 Å². The van der Waals surface area contributed by atoms with Crippen LogP contribution in [-0.4, -0.2) is 14.8 Å². The van der Waals surface area contributed by atoms with Crippen LogP contribution in [0, 0.1) is 30.6 Å². The Morgan fingerprint density at radius 1 is 0.909 bits per heavy atom. The smallest absolute Gasteiger partial charge is 0.158 e. The van der Waals surface area contributed by atoms with E-state index in [2.05, 4.69) is 35.0 Å². The molecule has 4 saturated carbocycles. The minimum Gasteiger partial charge on any atom is -0.242 e. The molecular formula is C19H23N3. The summed E-state index contributed by atoms with van der Waals surface area (Å²) in [5, 5.41) is 4.84. The average Bonchev–Trinajstić information content (AvgIpc) is 2.89. The second-order valence-electron chi connectivity index (χ2n) is 7.71. The third-order valence-corrected chi connectivity index (χ3v) is 6.23. The van der Waals surface area contributed by atoms with E-state index in [9.17, 15) is 0 Å². The minimum atomic E-state index is 0.587. The maximum atomic E-state index is 4.84. The van der Waals surface area contributed by atoms with Gasteiger partial charge in [0.25, 0.3) is 0 Å². The third-order valence-electron chi connectivity index (χ3n) is 6.23. The number of aryl methyl sites for hydroxylation is 1. The van der Waals surface area contributed by atoms with Gasteiger partial charge in [-0.15, -0.1) is 0 Å². The molecule has 0 radical (unpaired) electrons. The summed E-state index contributed by atoms with van der Waals surface area (Å²) in [5.41, 5.74) is 1.21. The molecule has 0 atom stereocenters. The molecule has 4 fully saturated rings. The van der Waals surface area contributed by atoms with E-state index >= 15 is 0 Å². The maximum absolute atomic E-state index is 4.84. The zero-order chi connectivity index (χ0) is 14.7. The van der Waals surface area contributed by atoms with Gasteiger partial charge in [0, 0.05) is 5.56 Å². The van der Waals surface area contributed by atoms with Gasteiger partial charge in [-0.05, 0) is 62.7 Å². The minimum absolute atomic E-state index is 0.587. The lowest BCUT2D eigenvalue weighted by Gasteiger charge is -2.54. The molecule has 4 aliphatic carbocycles. The zero-order valence-electron chi connectivity index (χ0n) is 13.2. The van der Waals surface area contributed by atoms with Gasteiger partial charge in [0.2, 0.25) is 0 Å². The molecule has 0 aliphatic heterocycles. The standard InChI is InChI=1S/C19H23N3/c1-12-20-19(15-5-3-2-4-6-15)22(21-12)18-16-8-13-7-14(10-16)11-17(18)9-13/h2-6,13-14,16-18H,7-11H2,1H3. The van der Waals surface area contributed by atoms with Crippen molar-refractivity contribution in [1.82, 2.24) is 14.8 Å². The van der Waals surface area contributed by atoms with E-state index in [1.807, 2.05) is 6.92 Å². The number of benzene rings is 1. The SMILES string of the molecule is Cc1nc(-c2ccccc2)n(C2C3CC4CC(C3)CC2C4)n1. The zero-order valence-corrected chi connectivity index (χ0v) is 13.2. The fraction of sp³-hybridized carbons (Fsp3) is 0.579. The molecule has 22 heavy (non-hydrogen) atoms. The third kappa shape index (κ3) is 1.87. The van der Waals surface area contributed by atoms with Crippen LogP contribution < -0.4 is 0 Å². The van der Waals surface area contributed by atoms with E-state index in [0.717, 1.165) is 35.3 Å². The molecule has 0 spiro atoms. The molecule has 0 unspecified atom stereocenters. The van der Waals surface area contributed by atoms with E-state index < -0.39 is 0 Å².